The number of benzene rings is 1. The number of carbonyl (C=O) groups excluding carboxylic acids is 2. The number of piperazine rings is 1. The van der Waals surface area contributed by atoms with Gasteiger partial charge in [0.15, 0.2) is 11.6 Å². The van der Waals surface area contributed by atoms with E-state index in [0.29, 0.717) is 5.56 Å². The van der Waals surface area contributed by atoms with Crippen LogP contribution < -0.4 is 4.90 Å². The number of nitrogens with zero attached hydrogens (tertiary/aromatic N) is 3. The van der Waals surface area contributed by atoms with Crippen molar-refractivity contribution in [2.45, 2.75) is 31.1 Å². The molecule has 1 saturated heterocycles. The van der Waals surface area contributed by atoms with E-state index in [1.165, 1.54) is 17.0 Å². The van der Waals surface area contributed by atoms with Crippen molar-refractivity contribution in [2.75, 3.05) is 11.4 Å². The Morgan fingerprint density at radius 3 is 2.39 bits per heavy atom. The van der Waals surface area contributed by atoms with Crippen LogP contribution in [0, 0.1) is 11.7 Å². The van der Waals surface area contributed by atoms with Gasteiger partial charge in [-0.25, -0.2) is 9.37 Å². The Kier molecular flexibility index (Phi) is 5.55. The van der Waals surface area contributed by atoms with E-state index in [9.17, 15) is 37.1 Å². The fraction of sp³-hybridized carbons (Fsp3) is 0.333. The Bertz CT molecular complexity index is 1130. The summed E-state index contributed by atoms with van der Waals surface area (Å²) < 4.78 is 53.0. The molecular formula is C21H16ClF4N3O4. The molecule has 0 unspecified atom stereocenters. The van der Waals surface area contributed by atoms with Crippen molar-refractivity contribution in [2.24, 2.45) is 5.92 Å². The summed E-state index contributed by atoms with van der Waals surface area (Å²) in [5.74, 6) is -4.72. The zero-order valence-corrected chi connectivity index (χ0v) is 17.5. The van der Waals surface area contributed by atoms with E-state index in [0.717, 1.165) is 29.3 Å². The van der Waals surface area contributed by atoms with Crippen LogP contribution in [-0.2, 0) is 27.1 Å². The number of carboxylic acid groups (broad SMARTS) is 1. The van der Waals surface area contributed by atoms with Gasteiger partial charge in [-0.1, -0.05) is 23.7 Å². The van der Waals surface area contributed by atoms with Crippen molar-refractivity contribution in [3.05, 3.63) is 58.5 Å². The Morgan fingerprint density at radius 2 is 1.85 bits per heavy atom. The van der Waals surface area contributed by atoms with Crippen LogP contribution in [0.5, 0.6) is 0 Å². The summed E-state index contributed by atoms with van der Waals surface area (Å²) >= 11 is 5.71. The van der Waals surface area contributed by atoms with Crippen LogP contribution in [0.3, 0.4) is 0 Å². The first-order valence-electron chi connectivity index (χ1n) is 9.75. The first-order chi connectivity index (χ1) is 15.4. The van der Waals surface area contributed by atoms with Crippen LogP contribution in [-0.4, -0.2) is 44.9 Å². The molecule has 1 N–H and O–H groups in total. The first kappa shape index (κ1) is 23.0. The molecule has 0 bridgehead atoms. The van der Waals surface area contributed by atoms with E-state index in [1.54, 1.807) is 0 Å². The number of anilines is 1. The molecule has 2 aliphatic rings. The number of hydrogen-bond donors (Lipinski definition) is 1. The number of carboxylic acids is 1. The molecule has 2 amide bonds. The van der Waals surface area contributed by atoms with Crippen molar-refractivity contribution in [3.8, 4) is 0 Å². The predicted molar refractivity (Wildman–Crippen MR) is 107 cm³/mol. The third-order valence-electron chi connectivity index (χ3n) is 5.94. The third-order valence-corrected chi connectivity index (χ3v) is 6.14. The third kappa shape index (κ3) is 4.01. The summed E-state index contributed by atoms with van der Waals surface area (Å²) in [6.07, 6.45) is -3.84. The zero-order valence-electron chi connectivity index (χ0n) is 16.8. The van der Waals surface area contributed by atoms with Crippen LogP contribution >= 0.6 is 11.6 Å². The summed E-state index contributed by atoms with van der Waals surface area (Å²) in [5.41, 5.74) is -2.12. The average molecular weight is 486 g/mol. The van der Waals surface area contributed by atoms with Gasteiger partial charge in [0.05, 0.1) is 16.5 Å². The van der Waals surface area contributed by atoms with Crippen molar-refractivity contribution >= 4 is 35.2 Å². The van der Waals surface area contributed by atoms with E-state index >= 15 is 0 Å². The van der Waals surface area contributed by atoms with Gasteiger partial charge >= 0.3 is 12.1 Å². The minimum absolute atomic E-state index is 0.0136. The number of halogens is 5. The van der Waals surface area contributed by atoms with Gasteiger partial charge in [-0.3, -0.25) is 19.3 Å². The molecule has 174 valence electrons. The second-order valence-electron chi connectivity index (χ2n) is 8.00. The van der Waals surface area contributed by atoms with Gasteiger partial charge in [-0.05, 0) is 36.6 Å². The van der Waals surface area contributed by atoms with E-state index in [1.807, 2.05) is 0 Å². The minimum atomic E-state index is -4.53. The number of aliphatic carboxylic acids is 1. The molecule has 2 fully saturated rings. The molecule has 1 aromatic carbocycles. The normalized spacial score (nSPS) is 23.1. The summed E-state index contributed by atoms with van der Waals surface area (Å²) in [6, 6.07) is 5.03. The molecule has 4 rings (SSSR count). The zero-order chi connectivity index (χ0) is 24.1. The number of carbonyl (C=O) groups is 3. The fourth-order valence-corrected chi connectivity index (χ4v) is 4.37. The maximum Gasteiger partial charge on any atom is 0.416 e. The molecule has 1 aliphatic carbocycles. The lowest BCUT2D eigenvalue weighted by Gasteiger charge is -2.55. The molecule has 1 aromatic heterocycles. The van der Waals surface area contributed by atoms with Crippen molar-refractivity contribution < 1.29 is 37.1 Å². The quantitative estimate of drug-likeness (QED) is 0.669. The summed E-state index contributed by atoms with van der Waals surface area (Å²) in [6.45, 7) is -0.774. The average Bonchev–Trinajstić information content (AvgIpc) is 2.69. The van der Waals surface area contributed by atoms with Crippen molar-refractivity contribution in [1.29, 1.82) is 0 Å². The fourth-order valence-electron chi connectivity index (χ4n) is 4.22. The van der Waals surface area contributed by atoms with Gasteiger partial charge in [0, 0.05) is 12.7 Å². The number of pyridine rings is 1. The number of hydrogen-bond acceptors (Lipinski definition) is 4. The van der Waals surface area contributed by atoms with Gasteiger partial charge in [0.2, 0.25) is 5.91 Å². The molecule has 0 atom stereocenters. The molecule has 12 heteroatoms. The monoisotopic (exact) mass is 485 g/mol. The van der Waals surface area contributed by atoms with E-state index in [2.05, 4.69) is 4.98 Å². The predicted octanol–water partition coefficient (Wildman–Crippen LogP) is 3.50. The largest absolute Gasteiger partial charge is 0.481 e. The Labute approximate surface area is 189 Å². The minimum Gasteiger partial charge on any atom is -0.481 e. The number of rotatable bonds is 4. The van der Waals surface area contributed by atoms with Crippen molar-refractivity contribution in [3.63, 3.8) is 0 Å². The van der Waals surface area contributed by atoms with E-state index in [4.69, 9.17) is 11.6 Å². The smallest absolute Gasteiger partial charge is 0.416 e. The molecule has 7 nitrogen and oxygen atoms in total. The summed E-state index contributed by atoms with van der Waals surface area (Å²) in [4.78, 5) is 43.7. The lowest BCUT2D eigenvalue weighted by molar-refractivity contribution is -0.169. The standard InChI is InChI=1S/C21H16ClF4N3O4/c22-14-5-15(23)17(27-8-14)28-10-16(30)29(20(19(28)33)6-12(7-20)18(31)32)9-11-1-3-13(4-2-11)21(24,25)26/h1-5,8,12H,6-7,9-10H2,(H,31,32)/t12-,20-. The van der Waals surface area contributed by atoms with Crippen LogP contribution in [0.1, 0.15) is 24.0 Å². The molecular weight excluding hydrogens is 470 g/mol. The molecule has 0 radical (unpaired) electrons. The maximum atomic E-state index is 14.4. The lowest BCUT2D eigenvalue weighted by Crippen LogP contribution is -2.73. The number of amides is 2. The highest BCUT2D eigenvalue weighted by Gasteiger charge is 2.62. The van der Waals surface area contributed by atoms with Crippen molar-refractivity contribution in [1.82, 2.24) is 9.88 Å². The second kappa shape index (κ2) is 7.98. The lowest BCUT2D eigenvalue weighted by atomic mass is 9.65. The maximum absolute atomic E-state index is 14.4. The van der Waals surface area contributed by atoms with Gasteiger partial charge in [0.25, 0.3) is 5.91 Å². The number of alkyl halides is 3. The highest BCUT2D eigenvalue weighted by Crippen LogP contribution is 2.47. The van der Waals surface area contributed by atoms with Gasteiger partial charge in [0.1, 0.15) is 12.1 Å². The van der Waals surface area contributed by atoms with E-state index in [-0.39, 0.29) is 24.4 Å². The Hall–Kier alpha value is -3.21. The van der Waals surface area contributed by atoms with Gasteiger partial charge < -0.3 is 10.0 Å². The Morgan fingerprint density at radius 1 is 1.21 bits per heavy atom. The van der Waals surface area contributed by atoms with E-state index < -0.39 is 59.2 Å². The highest BCUT2D eigenvalue weighted by atomic mass is 35.5. The van der Waals surface area contributed by atoms with Crippen LogP contribution in [0.2, 0.25) is 5.02 Å². The van der Waals surface area contributed by atoms with Gasteiger partial charge in [-0.2, -0.15) is 13.2 Å². The molecule has 2 aromatic rings. The highest BCUT2D eigenvalue weighted by molar-refractivity contribution is 6.30. The second-order valence-corrected chi connectivity index (χ2v) is 8.44. The Balaban J connectivity index is 1.67. The van der Waals surface area contributed by atoms with Crippen LogP contribution in [0.15, 0.2) is 36.5 Å². The number of aromatic nitrogens is 1. The molecule has 1 saturated carbocycles. The molecule has 1 aliphatic heterocycles. The van der Waals surface area contributed by atoms with Crippen LogP contribution in [0.4, 0.5) is 23.4 Å². The summed E-state index contributed by atoms with van der Waals surface area (Å²) in [5, 5.41) is 9.30. The molecule has 2 heterocycles. The first-order valence-corrected chi connectivity index (χ1v) is 10.1. The topological polar surface area (TPSA) is 90.8 Å². The SMILES string of the molecule is O=C1CN(c2ncc(Cl)cc2F)C(=O)[C@]2(C[C@@H](C(=O)O)C2)N1Cc1ccc(C(F)(F)F)cc1. The summed E-state index contributed by atoms with van der Waals surface area (Å²) in [7, 11) is 0. The van der Waals surface area contributed by atoms with Gasteiger partial charge in [-0.15, -0.1) is 0 Å². The molecule has 1 spiro atoms. The van der Waals surface area contributed by atoms with Crippen LogP contribution in [0.25, 0.3) is 0 Å². The molecule has 33 heavy (non-hydrogen) atoms.